The molecule has 0 atom stereocenters. The largest absolute Gasteiger partial charge is 0.481 e. The Kier molecular flexibility index (Phi) is 4.48. The van der Waals surface area contributed by atoms with E-state index >= 15 is 0 Å². The van der Waals surface area contributed by atoms with Crippen molar-refractivity contribution in [3.8, 4) is 11.1 Å². The van der Waals surface area contributed by atoms with Crippen LogP contribution in [0.2, 0.25) is 15.1 Å². The lowest BCUT2D eigenvalue weighted by atomic mass is 10.0. The first-order valence-electron chi connectivity index (χ1n) is 5.40. The van der Waals surface area contributed by atoms with Crippen molar-refractivity contribution in [2.45, 2.75) is 6.42 Å². The molecule has 0 aliphatic carbocycles. The SMILES string of the molecule is O=C(O)Cc1ncc(F)cc1-c1ccc(Cl)c(Cl)c1Cl. The van der Waals surface area contributed by atoms with Gasteiger partial charge in [-0.2, -0.15) is 0 Å². The molecule has 0 saturated heterocycles. The third kappa shape index (κ3) is 3.03. The van der Waals surface area contributed by atoms with Crippen molar-refractivity contribution in [3.05, 3.63) is 51.0 Å². The zero-order valence-electron chi connectivity index (χ0n) is 9.83. The number of halogens is 4. The normalized spacial score (nSPS) is 10.6. The second-order valence-corrected chi connectivity index (χ2v) is 5.10. The standard InChI is InChI=1S/C13H7Cl3FNO2/c14-9-2-1-7(12(15)13(9)16)8-3-6(17)5-18-10(8)4-11(19)20/h1-3,5H,4H2,(H,19,20). The molecule has 7 heteroatoms. The van der Waals surface area contributed by atoms with Gasteiger partial charge in [-0.15, -0.1) is 0 Å². The second-order valence-electron chi connectivity index (χ2n) is 3.94. The maximum atomic E-state index is 13.4. The van der Waals surface area contributed by atoms with Gasteiger partial charge in [0.2, 0.25) is 0 Å². The van der Waals surface area contributed by atoms with E-state index in [9.17, 15) is 9.18 Å². The van der Waals surface area contributed by atoms with Crippen LogP contribution in [0, 0.1) is 5.82 Å². The fourth-order valence-electron chi connectivity index (χ4n) is 1.72. The zero-order valence-corrected chi connectivity index (χ0v) is 12.1. The van der Waals surface area contributed by atoms with Crippen LogP contribution in [0.15, 0.2) is 24.4 Å². The van der Waals surface area contributed by atoms with E-state index in [-0.39, 0.29) is 32.7 Å². The smallest absolute Gasteiger partial charge is 0.309 e. The number of aromatic nitrogens is 1. The topological polar surface area (TPSA) is 50.2 Å². The second kappa shape index (κ2) is 5.95. The maximum Gasteiger partial charge on any atom is 0.309 e. The summed E-state index contributed by atoms with van der Waals surface area (Å²) in [7, 11) is 0. The highest BCUT2D eigenvalue weighted by Crippen LogP contribution is 2.39. The van der Waals surface area contributed by atoms with Gasteiger partial charge in [0, 0.05) is 11.1 Å². The summed E-state index contributed by atoms with van der Waals surface area (Å²) in [4.78, 5) is 14.6. The molecule has 0 spiro atoms. The number of nitrogens with zero attached hydrogens (tertiary/aromatic N) is 1. The molecular weight excluding hydrogens is 328 g/mol. The molecule has 0 bridgehead atoms. The Hall–Kier alpha value is -1.36. The average Bonchev–Trinajstić information content (AvgIpc) is 2.38. The van der Waals surface area contributed by atoms with E-state index in [0.717, 1.165) is 12.3 Å². The molecule has 1 aromatic heterocycles. The van der Waals surface area contributed by atoms with Crippen LogP contribution < -0.4 is 0 Å². The summed E-state index contributed by atoms with van der Waals surface area (Å²) in [5.74, 6) is -1.68. The number of carbonyl (C=O) groups is 1. The van der Waals surface area contributed by atoms with Crippen LogP contribution in [-0.4, -0.2) is 16.1 Å². The number of rotatable bonds is 3. The van der Waals surface area contributed by atoms with Gasteiger partial charge < -0.3 is 5.11 Å². The van der Waals surface area contributed by atoms with Crippen LogP contribution >= 0.6 is 34.8 Å². The number of aliphatic carboxylic acids is 1. The molecule has 1 aromatic carbocycles. The first-order valence-corrected chi connectivity index (χ1v) is 6.53. The molecule has 104 valence electrons. The van der Waals surface area contributed by atoms with Crippen LogP contribution in [0.25, 0.3) is 11.1 Å². The van der Waals surface area contributed by atoms with E-state index in [1.165, 1.54) is 6.07 Å². The van der Waals surface area contributed by atoms with Crippen LogP contribution in [-0.2, 0) is 11.2 Å². The maximum absolute atomic E-state index is 13.4. The summed E-state index contributed by atoms with van der Waals surface area (Å²) in [6.07, 6.45) is 0.597. The number of hydrogen-bond acceptors (Lipinski definition) is 2. The Bertz CT molecular complexity index is 692. The minimum absolute atomic E-state index is 0.122. The first kappa shape index (κ1) is 15.0. The Balaban J connectivity index is 2.65. The lowest BCUT2D eigenvalue weighted by Crippen LogP contribution is -2.05. The number of carboxylic acid groups (broad SMARTS) is 1. The van der Waals surface area contributed by atoms with E-state index in [2.05, 4.69) is 4.98 Å². The predicted octanol–water partition coefficient (Wildman–Crippen LogP) is 4.48. The van der Waals surface area contributed by atoms with Crippen molar-refractivity contribution in [1.82, 2.24) is 4.98 Å². The van der Waals surface area contributed by atoms with Gasteiger partial charge in [-0.1, -0.05) is 40.9 Å². The molecule has 2 rings (SSSR count). The molecule has 1 heterocycles. The zero-order chi connectivity index (χ0) is 14.9. The number of hydrogen-bond donors (Lipinski definition) is 1. The van der Waals surface area contributed by atoms with Crippen molar-refractivity contribution in [2.24, 2.45) is 0 Å². The molecule has 0 fully saturated rings. The lowest BCUT2D eigenvalue weighted by molar-refractivity contribution is -0.136. The van der Waals surface area contributed by atoms with Gasteiger partial charge >= 0.3 is 5.97 Å². The van der Waals surface area contributed by atoms with Gasteiger partial charge in [0.1, 0.15) is 5.82 Å². The van der Waals surface area contributed by atoms with Gasteiger partial charge in [0.05, 0.1) is 33.4 Å². The first-order chi connectivity index (χ1) is 9.40. The molecular formula is C13H7Cl3FNO2. The molecule has 0 radical (unpaired) electrons. The van der Waals surface area contributed by atoms with E-state index in [1.54, 1.807) is 6.07 Å². The van der Waals surface area contributed by atoms with Gasteiger partial charge in [-0.05, 0) is 12.1 Å². The highest BCUT2D eigenvalue weighted by atomic mass is 35.5. The minimum Gasteiger partial charge on any atom is -0.481 e. The highest BCUT2D eigenvalue weighted by molar-refractivity contribution is 6.49. The molecule has 1 N–H and O–H groups in total. The number of carboxylic acids is 1. The van der Waals surface area contributed by atoms with Crippen LogP contribution in [0.3, 0.4) is 0 Å². The Morgan fingerprint density at radius 1 is 1.20 bits per heavy atom. The molecule has 20 heavy (non-hydrogen) atoms. The van der Waals surface area contributed by atoms with Gasteiger partial charge in [-0.3, -0.25) is 9.78 Å². The van der Waals surface area contributed by atoms with Crippen molar-refractivity contribution >= 4 is 40.8 Å². The van der Waals surface area contributed by atoms with E-state index in [1.807, 2.05) is 0 Å². The van der Waals surface area contributed by atoms with Crippen LogP contribution in [0.4, 0.5) is 4.39 Å². The molecule has 2 aromatic rings. The number of pyridine rings is 1. The lowest BCUT2D eigenvalue weighted by Gasteiger charge is -2.11. The van der Waals surface area contributed by atoms with Crippen molar-refractivity contribution in [3.63, 3.8) is 0 Å². The highest BCUT2D eigenvalue weighted by Gasteiger charge is 2.16. The summed E-state index contributed by atoms with van der Waals surface area (Å²) in [6.45, 7) is 0. The van der Waals surface area contributed by atoms with Gasteiger partial charge in [-0.25, -0.2) is 4.39 Å². The minimum atomic E-state index is -1.08. The average molecular weight is 335 g/mol. The summed E-state index contributed by atoms with van der Waals surface area (Å²) in [5, 5.41) is 9.36. The van der Waals surface area contributed by atoms with Crippen molar-refractivity contribution < 1.29 is 14.3 Å². The van der Waals surface area contributed by atoms with Gasteiger partial charge in [0.25, 0.3) is 0 Å². The molecule has 0 amide bonds. The van der Waals surface area contributed by atoms with Crippen LogP contribution in [0.1, 0.15) is 5.69 Å². The Morgan fingerprint density at radius 3 is 2.55 bits per heavy atom. The van der Waals surface area contributed by atoms with E-state index < -0.39 is 11.8 Å². The van der Waals surface area contributed by atoms with Gasteiger partial charge in [0.15, 0.2) is 0 Å². The molecule has 0 unspecified atom stereocenters. The summed E-state index contributed by atoms with van der Waals surface area (Å²) < 4.78 is 13.4. The van der Waals surface area contributed by atoms with E-state index in [0.29, 0.717) is 5.56 Å². The Labute approximate surface area is 128 Å². The number of benzene rings is 1. The fraction of sp³-hybridized carbons (Fsp3) is 0.0769. The third-order valence-corrected chi connectivity index (χ3v) is 3.87. The fourth-order valence-corrected chi connectivity index (χ4v) is 2.36. The molecule has 0 saturated carbocycles. The quantitative estimate of drug-likeness (QED) is 0.842. The molecule has 3 nitrogen and oxygen atoms in total. The molecule has 0 aliphatic heterocycles. The van der Waals surface area contributed by atoms with Crippen molar-refractivity contribution in [1.29, 1.82) is 0 Å². The van der Waals surface area contributed by atoms with E-state index in [4.69, 9.17) is 39.9 Å². The molecule has 0 aliphatic rings. The summed E-state index contributed by atoms with van der Waals surface area (Å²) >= 11 is 17.8. The predicted molar refractivity (Wildman–Crippen MR) is 76.0 cm³/mol. The summed E-state index contributed by atoms with van der Waals surface area (Å²) in [5.41, 5.74) is 0.847. The van der Waals surface area contributed by atoms with Crippen molar-refractivity contribution in [2.75, 3.05) is 0 Å². The monoisotopic (exact) mass is 333 g/mol. The Morgan fingerprint density at radius 2 is 1.90 bits per heavy atom. The third-order valence-electron chi connectivity index (χ3n) is 2.58. The van der Waals surface area contributed by atoms with Crippen LogP contribution in [0.5, 0.6) is 0 Å². The summed E-state index contributed by atoms with van der Waals surface area (Å²) in [6, 6.07) is 4.20.